The predicted molar refractivity (Wildman–Crippen MR) is 65.0 cm³/mol. The van der Waals surface area contributed by atoms with Gasteiger partial charge in [-0.25, -0.2) is 4.79 Å². The quantitative estimate of drug-likeness (QED) is 0.882. The average Bonchev–Trinajstić information content (AvgIpc) is 2.17. The highest BCUT2D eigenvalue weighted by atomic mass is 32.2. The lowest BCUT2D eigenvalue weighted by Gasteiger charge is -2.17. The molecule has 0 bridgehead atoms. The molecule has 3 nitrogen and oxygen atoms in total. The number of carboxylic acids is 1. The van der Waals surface area contributed by atoms with Gasteiger partial charge in [-0.15, -0.1) is 0 Å². The molecule has 1 unspecified atom stereocenters. The first-order valence-electron chi connectivity index (χ1n) is 5.01. The Morgan fingerprint density at radius 1 is 1.25 bits per heavy atom. The Morgan fingerprint density at radius 3 is 2.12 bits per heavy atom. The van der Waals surface area contributed by atoms with Crippen LogP contribution in [0, 0.1) is 0 Å². The monoisotopic (exact) mass is 240 g/mol. The van der Waals surface area contributed by atoms with Crippen LogP contribution in [0.3, 0.4) is 0 Å². The van der Waals surface area contributed by atoms with Crippen molar-refractivity contribution in [2.75, 3.05) is 0 Å². The summed E-state index contributed by atoms with van der Waals surface area (Å²) in [7, 11) is -0.953. The van der Waals surface area contributed by atoms with Crippen molar-refractivity contribution in [1.29, 1.82) is 0 Å². The van der Waals surface area contributed by atoms with E-state index in [2.05, 4.69) is 0 Å². The molecule has 0 aliphatic rings. The van der Waals surface area contributed by atoms with Crippen LogP contribution in [0.2, 0.25) is 0 Å². The Bertz CT molecular complexity index is 401. The van der Waals surface area contributed by atoms with E-state index in [-0.39, 0.29) is 10.3 Å². The van der Waals surface area contributed by atoms with E-state index in [1.807, 2.05) is 20.8 Å². The summed E-state index contributed by atoms with van der Waals surface area (Å²) in [6, 6.07) is 6.51. The molecular formula is C12H16O3S. The number of carbonyl (C=O) groups is 1. The molecule has 1 aromatic rings. The molecule has 0 aromatic heterocycles. The molecule has 88 valence electrons. The SMILES string of the molecule is CC(C)(C)S(=O)Cc1ccc(C(=O)O)cc1. The van der Waals surface area contributed by atoms with Gasteiger partial charge in [-0.3, -0.25) is 4.21 Å². The molecule has 1 N–H and O–H groups in total. The summed E-state index contributed by atoms with van der Waals surface area (Å²) < 4.78 is 11.6. The van der Waals surface area contributed by atoms with Crippen LogP contribution >= 0.6 is 0 Å². The molecule has 0 heterocycles. The van der Waals surface area contributed by atoms with Gasteiger partial charge >= 0.3 is 5.97 Å². The fourth-order valence-electron chi connectivity index (χ4n) is 1.11. The lowest BCUT2D eigenvalue weighted by Crippen LogP contribution is -2.22. The van der Waals surface area contributed by atoms with Crippen molar-refractivity contribution in [2.45, 2.75) is 31.3 Å². The second kappa shape index (κ2) is 4.78. The third-order valence-corrected chi connectivity index (χ3v) is 4.14. The summed E-state index contributed by atoms with van der Waals surface area (Å²) >= 11 is 0. The van der Waals surface area contributed by atoms with Gasteiger partial charge in [0.25, 0.3) is 0 Å². The molecule has 1 atom stereocenters. The molecule has 0 aliphatic carbocycles. The van der Waals surface area contributed by atoms with Gasteiger partial charge < -0.3 is 5.11 Å². The molecule has 0 saturated carbocycles. The van der Waals surface area contributed by atoms with Gasteiger partial charge in [-0.05, 0) is 38.5 Å². The minimum Gasteiger partial charge on any atom is -0.478 e. The van der Waals surface area contributed by atoms with E-state index in [0.717, 1.165) is 5.56 Å². The zero-order valence-corrected chi connectivity index (χ0v) is 10.5. The standard InChI is InChI=1S/C12H16O3S/c1-12(2,3)16(15)8-9-4-6-10(7-5-9)11(13)14/h4-7H,8H2,1-3H3,(H,13,14). The zero-order valence-electron chi connectivity index (χ0n) is 9.69. The van der Waals surface area contributed by atoms with Crippen LogP contribution in [0.1, 0.15) is 36.7 Å². The highest BCUT2D eigenvalue weighted by Crippen LogP contribution is 2.16. The molecule has 0 fully saturated rings. The first-order valence-corrected chi connectivity index (χ1v) is 6.33. The van der Waals surface area contributed by atoms with E-state index in [0.29, 0.717) is 5.75 Å². The van der Waals surface area contributed by atoms with Crippen molar-refractivity contribution in [3.8, 4) is 0 Å². The molecule has 0 saturated heterocycles. The Balaban J connectivity index is 2.77. The molecule has 0 spiro atoms. The van der Waals surface area contributed by atoms with E-state index in [1.165, 1.54) is 12.1 Å². The topological polar surface area (TPSA) is 54.4 Å². The Labute approximate surface area is 98.0 Å². The second-order valence-electron chi connectivity index (χ2n) is 4.60. The predicted octanol–water partition coefficient (Wildman–Crippen LogP) is 2.43. The lowest BCUT2D eigenvalue weighted by molar-refractivity contribution is 0.0697. The summed E-state index contributed by atoms with van der Waals surface area (Å²) in [6.07, 6.45) is 0. The van der Waals surface area contributed by atoms with E-state index >= 15 is 0 Å². The maximum atomic E-state index is 11.8. The summed E-state index contributed by atoms with van der Waals surface area (Å²) in [5.74, 6) is -0.480. The Hall–Kier alpha value is -1.16. The average molecular weight is 240 g/mol. The number of benzene rings is 1. The lowest BCUT2D eigenvalue weighted by atomic mass is 10.1. The van der Waals surface area contributed by atoms with Crippen LogP contribution in [0.25, 0.3) is 0 Å². The van der Waals surface area contributed by atoms with E-state index in [1.54, 1.807) is 12.1 Å². The zero-order chi connectivity index (χ0) is 12.3. The second-order valence-corrected chi connectivity index (χ2v) is 6.81. The van der Waals surface area contributed by atoms with Crippen LogP contribution in [-0.4, -0.2) is 20.0 Å². The van der Waals surface area contributed by atoms with Gasteiger partial charge in [0.15, 0.2) is 0 Å². The van der Waals surface area contributed by atoms with Crippen LogP contribution < -0.4 is 0 Å². The summed E-state index contributed by atoms with van der Waals surface area (Å²) in [6.45, 7) is 5.78. The molecule has 4 heteroatoms. The number of hydrogen-bond acceptors (Lipinski definition) is 2. The van der Waals surface area contributed by atoms with Gasteiger partial charge in [0.05, 0.1) is 5.56 Å². The fraction of sp³-hybridized carbons (Fsp3) is 0.417. The van der Waals surface area contributed by atoms with E-state index < -0.39 is 16.8 Å². The molecule has 0 aliphatic heterocycles. The van der Waals surface area contributed by atoms with Gasteiger partial charge in [0, 0.05) is 21.3 Å². The van der Waals surface area contributed by atoms with Crippen molar-refractivity contribution < 1.29 is 14.1 Å². The highest BCUT2D eigenvalue weighted by Gasteiger charge is 2.19. The van der Waals surface area contributed by atoms with Crippen molar-refractivity contribution in [2.24, 2.45) is 0 Å². The largest absolute Gasteiger partial charge is 0.478 e. The van der Waals surface area contributed by atoms with Gasteiger partial charge in [0.2, 0.25) is 0 Å². The maximum absolute atomic E-state index is 11.8. The highest BCUT2D eigenvalue weighted by molar-refractivity contribution is 7.85. The number of aromatic carboxylic acids is 1. The van der Waals surface area contributed by atoms with Crippen molar-refractivity contribution >= 4 is 16.8 Å². The molecule has 1 rings (SSSR count). The van der Waals surface area contributed by atoms with Crippen molar-refractivity contribution in [3.05, 3.63) is 35.4 Å². The minimum absolute atomic E-state index is 0.245. The number of carboxylic acid groups (broad SMARTS) is 1. The van der Waals surface area contributed by atoms with Crippen molar-refractivity contribution in [1.82, 2.24) is 0 Å². The third kappa shape index (κ3) is 3.45. The van der Waals surface area contributed by atoms with Gasteiger partial charge in [0.1, 0.15) is 0 Å². The van der Waals surface area contributed by atoms with Crippen molar-refractivity contribution in [3.63, 3.8) is 0 Å². The van der Waals surface area contributed by atoms with Gasteiger partial charge in [-0.2, -0.15) is 0 Å². The van der Waals surface area contributed by atoms with Crippen LogP contribution in [0.5, 0.6) is 0 Å². The number of rotatable bonds is 3. The summed E-state index contributed by atoms with van der Waals surface area (Å²) in [5.41, 5.74) is 1.16. The maximum Gasteiger partial charge on any atom is 0.335 e. The van der Waals surface area contributed by atoms with E-state index in [4.69, 9.17) is 5.11 Å². The Kier molecular flexibility index (Phi) is 3.86. The van der Waals surface area contributed by atoms with Crippen LogP contribution in [0.4, 0.5) is 0 Å². The summed E-state index contributed by atoms with van der Waals surface area (Å²) in [4.78, 5) is 10.6. The molecule has 1 aromatic carbocycles. The first kappa shape index (κ1) is 12.9. The fourth-order valence-corrected chi connectivity index (χ4v) is 2.04. The first-order chi connectivity index (χ1) is 7.30. The van der Waals surface area contributed by atoms with E-state index in [9.17, 15) is 9.00 Å². The molecular weight excluding hydrogens is 224 g/mol. The Morgan fingerprint density at radius 2 is 1.75 bits per heavy atom. The normalized spacial score (nSPS) is 13.4. The molecule has 0 radical (unpaired) electrons. The minimum atomic E-state index is -0.953. The third-order valence-electron chi connectivity index (χ3n) is 2.18. The smallest absolute Gasteiger partial charge is 0.335 e. The summed E-state index contributed by atoms with van der Waals surface area (Å²) in [5, 5.41) is 8.73. The number of hydrogen-bond donors (Lipinski definition) is 1. The van der Waals surface area contributed by atoms with Crippen LogP contribution in [-0.2, 0) is 16.6 Å². The van der Waals surface area contributed by atoms with Crippen LogP contribution in [0.15, 0.2) is 24.3 Å². The molecule has 16 heavy (non-hydrogen) atoms. The molecule has 0 amide bonds. The van der Waals surface area contributed by atoms with Gasteiger partial charge in [-0.1, -0.05) is 12.1 Å².